The fourth-order valence-corrected chi connectivity index (χ4v) is 2.08. The third-order valence-corrected chi connectivity index (χ3v) is 3.08. The number of imidazole rings is 1. The monoisotopic (exact) mass is 279 g/mol. The Kier molecular flexibility index (Phi) is 3.91. The van der Waals surface area contributed by atoms with Crippen LogP contribution < -0.4 is 16.6 Å². The SMILES string of the molecule is CC(=O)NNC(=O)CSc1nc2ccc(N)cc2[nH]1. The van der Waals surface area contributed by atoms with E-state index in [4.69, 9.17) is 5.73 Å². The number of thioether (sulfide) groups is 1. The van der Waals surface area contributed by atoms with Crippen molar-refractivity contribution in [3.05, 3.63) is 18.2 Å². The molecular formula is C11H13N5O2S. The topological polar surface area (TPSA) is 113 Å². The van der Waals surface area contributed by atoms with E-state index < -0.39 is 0 Å². The summed E-state index contributed by atoms with van der Waals surface area (Å²) < 4.78 is 0. The number of hydrazine groups is 1. The number of amides is 2. The van der Waals surface area contributed by atoms with E-state index in [0.29, 0.717) is 10.8 Å². The first-order valence-electron chi connectivity index (χ1n) is 5.48. The van der Waals surface area contributed by atoms with Gasteiger partial charge in [0.2, 0.25) is 11.8 Å². The Labute approximate surface area is 113 Å². The molecule has 1 aromatic heterocycles. The first-order chi connectivity index (χ1) is 9.04. The van der Waals surface area contributed by atoms with Gasteiger partial charge in [-0.05, 0) is 18.2 Å². The minimum Gasteiger partial charge on any atom is -0.399 e. The van der Waals surface area contributed by atoms with E-state index in [9.17, 15) is 9.59 Å². The smallest absolute Gasteiger partial charge is 0.248 e. The number of nitrogens with one attached hydrogen (secondary N) is 3. The van der Waals surface area contributed by atoms with E-state index in [2.05, 4.69) is 20.8 Å². The molecule has 2 amide bonds. The first kappa shape index (κ1) is 13.2. The molecule has 0 bridgehead atoms. The van der Waals surface area contributed by atoms with Crippen molar-refractivity contribution < 1.29 is 9.59 Å². The lowest BCUT2D eigenvalue weighted by Crippen LogP contribution is -2.41. The highest BCUT2D eigenvalue weighted by Crippen LogP contribution is 2.20. The lowest BCUT2D eigenvalue weighted by molar-refractivity contribution is -0.126. The Bertz CT molecular complexity index is 625. The zero-order chi connectivity index (χ0) is 13.8. The first-order valence-corrected chi connectivity index (χ1v) is 6.46. The van der Waals surface area contributed by atoms with Crippen molar-refractivity contribution in [1.29, 1.82) is 0 Å². The molecule has 0 aliphatic heterocycles. The number of carbonyl (C=O) groups excluding carboxylic acids is 2. The predicted molar refractivity (Wildman–Crippen MR) is 73.2 cm³/mol. The number of aromatic nitrogens is 2. The van der Waals surface area contributed by atoms with Crippen LogP contribution in [-0.4, -0.2) is 27.5 Å². The van der Waals surface area contributed by atoms with Gasteiger partial charge in [-0.1, -0.05) is 11.8 Å². The van der Waals surface area contributed by atoms with Crippen molar-refractivity contribution in [3.63, 3.8) is 0 Å². The molecule has 0 unspecified atom stereocenters. The van der Waals surface area contributed by atoms with Crippen LogP contribution in [0.4, 0.5) is 5.69 Å². The maximum absolute atomic E-state index is 11.4. The summed E-state index contributed by atoms with van der Waals surface area (Å²) in [5.74, 6) is -0.479. The minimum absolute atomic E-state index is 0.148. The van der Waals surface area contributed by atoms with Gasteiger partial charge >= 0.3 is 0 Å². The van der Waals surface area contributed by atoms with Gasteiger partial charge in [0, 0.05) is 12.6 Å². The number of aromatic amines is 1. The summed E-state index contributed by atoms with van der Waals surface area (Å²) in [7, 11) is 0. The second-order valence-electron chi connectivity index (χ2n) is 3.84. The number of hydrogen-bond donors (Lipinski definition) is 4. The summed E-state index contributed by atoms with van der Waals surface area (Å²) in [6, 6.07) is 5.35. The van der Waals surface area contributed by atoms with Crippen LogP contribution in [0.1, 0.15) is 6.92 Å². The van der Waals surface area contributed by atoms with Crippen molar-refractivity contribution in [1.82, 2.24) is 20.8 Å². The average molecular weight is 279 g/mol. The number of nitrogen functional groups attached to an aromatic ring is 1. The molecule has 8 heteroatoms. The molecule has 0 atom stereocenters. The molecule has 19 heavy (non-hydrogen) atoms. The number of carbonyl (C=O) groups is 2. The Balaban J connectivity index is 1.94. The summed E-state index contributed by atoms with van der Waals surface area (Å²) >= 11 is 1.24. The molecular weight excluding hydrogens is 266 g/mol. The van der Waals surface area contributed by atoms with Crippen LogP contribution in [0.25, 0.3) is 11.0 Å². The Morgan fingerprint density at radius 1 is 1.42 bits per heavy atom. The number of benzene rings is 1. The summed E-state index contributed by atoms with van der Waals surface area (Å²) in [6.07, 6.45) is 0. The summed E-state index contributed by atoms with van der Waals surface area (Å²) in [4.78, 5) is 29.4. The molecule has 100 valence electrons. The van der Waals surface area contributed by atoms with Crippen molar-refractivity contribution in [2.24, 2.45) is 0 Å². The van der Waals surface area contributed by atoms with Crippen LogP contribution in [0, 0.1) is 0 Å². The number of nitrogens with two attached hydrogens (primary N) is 1. The number of hydrogen-bond acceptors (Lipinski definition) is 5. The highest BCUT2D eigenvalue weighted by Gasteiger charge is 2.07. The van der Waals surface area contributed by atoms with Crippen molar-refractivity contribution in [2.45, 2.75) is 12.1 Å². The quantitative estimate of drug-likeness (QED) is 0.369. The zero-order valence-electron chi connectivity index (χ0n) is 10.2. The van der Waals surface area contributed by atoms with Crippen LogP contribution in [-0.2, 0) is 9.59 Å². The number of nitrogens with zero attached hydrogens (tertiary/aromatic N) is 1. The lowest BCUT2D eigenvalue weighted by Gasteiger charge is -2.03. The standard InChI is InChI=1S/C11H13N5O2S/c1-6(17)15-16-10(18)5-19-11-13-8-3-2-7(12)4-9(8)14-11/h2-4H,5,12H2,1H3,(H,13,14)(H,15,17)(H,16,18). The third kappa shape index (κ3) is 3.62. The van der Waals surface area contributed by atoms with Crippen molar-refractivity contribution in [2.75, 3.05) is 11.5 Å². The molecule has 0 saturated carbocycles. The van der Waals surface area contributed by atoms with E-state index in [1.165, 1.54) is 18.7 Å². The van der Waals surface area contributed by atoms with Crippen LogP contribution in [0.3, 0.4) is 0 Å². The largest absolute Gasteiger partial charge is 0.399 e. The zero-order valence-corrected chi connectivity index (χ0v) is 11.0. The predicted octanol–water partition coefficient (Wildman–Crippen LogP) is 0.404. The van der Waals surface area contributed by atoms with Crippen molar-refractivity contribution in [3.8, 4) is 0 Å². The minimum atomic E-state index is -0.322. The highest BCUT2D eigenvalue weighted by atomic mass is 32.2. The van der Waals surface area contributed by atoms with Gasteiger partial charge in [-0.25, -0.2) is 4.98 Å². The van der Waals surface area contributed by atoms with E-state index in [1.54, 1.807) is 12.1 Å². The van der Waals surface area contributed by atoms with E-state index in [1.807, 2.05) is 6.07 Å². The second kappa shape index (κ2) is 5.61. The number of H-pyrrole nitrogens is 1. The van der Waals surface area contributed by atoms with E-state index >= 15 is 0 Å². The lowest BCUT2D eigenvalue weighted by atomic mass is 10.3. The van der Waals surface area contributed by atoms with Crippen LogP contribution >= 0.6 is 11.8 Å². The normalized spacial score (nSPS) is 10.4. The number of anilines is 1. The maximum Gasteiger partial charge on any atom is 0.248 e. The fourth-order valence-electron chi connectivity index (χ4n) is 1.40. The van der Waals surface area contributed by atoms with Gasteiger partial charge in [-0.15, -0.1) is 0 Å². The third-order valence-electron chi connectivity index (χ3n) is 2.20. The molecule has 0 aliphatic carbocycles. The molecule has 5 N–H and O–H groups in total. The van der Waals surface area contributed by atoms with Gasteiger partial charge < -0.3 is 10.7 Å². The fraction of sp³-hybridized carbons (Fsp3) is 0.182. The molecule has 0 fully saturated rings. The van der Waals surface area contributed by atoms with Gasteiger partial charge in [-0.3, -0.25) is 20.4 Å². The Hall–Kier alpha value is -2.22. The van der Waals surface area contributed by atoms with Crippen LogP contribution in [0.15, 0.2) is 23.4 Å². The molecule has 1 aromatic carbocycles. The molecule has 0 saturated heterocycles. The molecule has 1 heterocycles. The Morgan fingerprint density at radius 2 is 2.21 bits per heavy atom. The van der Waals surface area contributed by atoms with Gasteiger partial charge in [0.15, 0.2) is 5.16 Å². The molecule has 2 rings (SSSR count). The average Bonchev–Trinajstić information content (AvgIpc) is 2.75. The van der Waals surface area contributed by atoms with E-state index in [-0.39, 0.29) is 17.6 Å². The summed E-state index contributed by atoms with van der Waals surface area (Å²) in [5, 5.41) is 0.624. The maximum atomic E-state index is 11.4. The summed E-state index contributed by atoms with van der Waals surface area (Å²) in [6.45, 7) is 1.32. The van der Waals surface area contributed by atoms with Crippen LogP contribution in [0.2, 0.25) is 0 Å². The molecule has 0 aliphatic rings. The molecule has 7 nitrogen and oxygen atoms in total. The van der Waals surface area contributed by atoms with Gasteiger partial charge in [0.25, 0.3) is 0 Å². The summed E-state index contributed by atoms with van der Waals surface area (Å²) in [5.41, 5.74) is 12.4. The highest BCUT2D eigenvalue weighted by molar-refractivity contribution is 7.99. The van der Waals surface area contributed by atoms with Crippen molar-refractivity contribution >= 4 is 40.3 Å². The molecule has 2 aromatic rings. The van der Waals surface area contributed by atoms with Gasteiger partial charge in [0.1, 0.15) is 0 Å². The Morgan fingerprint density at radius 3 is 2.95 bits per heavy atom. The number of fused-ring (bicyclic) bond motifs is 1. The van der Waals surface area contributed by atoms with Gasteiger partial charge in [-0.2, -0.15) is 0 Å². The number of rotatable bonds is 3. The molecule has 0 spiro atoms. The van der Waals surface area contributed by atoms with Gasteiger partial charge in [0.05, 0.1) is 16.8 Å². The second-order valence-corrected chi connectivity index (χ2v) is 4.80. The molecule has 0 radical (unpaired) electrons. The van der Waals surface area contributed by atoms with Crippen LogP contribution in [0.5, 0.6) is 0 Å². The van der Waals surface area contributed by atoms with E-state index in [0.717, 1.165) is 11.0 Å².